The molecule has 96 valence electrons. The number of aromatic amines is 1. The van der Waals surface area contributed by atoms with Crippen molar-refractivity contribution in [3.63, 3.8) is 0 Å². The van der Waals surface area contributed by atoms with Crippen LogP contribution >= 0.6 is 23.1 Å². The Labute approximate surface area is 115 Å². The van der Waals surface area contributed by atoms with Gasteiger partial charge in [-0.05, 0) is 25.7 Å². The quantitative estimate of drug-likeness (QED) is 0.824. The number of rotatable bonds is 6. The van der Waals surface area contributed by atoms with E-state index in [9.17, 15) is 0 Å². The Balaban J connectivity index is 1.55. The van der Waals surface area contributed by atoms with Crippen LogP contribution in [0, 0.1) is 0 Å². The largest absolute Gasteiger partial charge is 0.262 e. The van der Waals surface area contributed by atoms with E-state index in [4.69, 9.17) is 0 Å². The number of hydrogen-bond acceptors (Lipinski definition) is 5. The number of nitrogens with one attached hydrogen (secondary N) is 1. The van der Waals surface area contributed by atoms with Crippen LogP contribution in [-0.4, -0.2) is 20.2 Å². The summed E-state index contributed by atoms with van der Waals surface area (Å²) in [7, 11) is 0. The van der Waals surface area contributed by atoms with Crippen molar-refractivity contribution in [2.75, 3.05) is 0 Å². The van der Waals surface area contributed by atoms with Crippen LogP contribution in [0.3, 0.4) is 0 Å². The first kappa shape index (κ1) is 12.2. The van der Waals surface area contributed by atoms with Crippen molar-refractivity contribution >= 4 is 23.1 Å². The summed E-state index contributed by atoms with van der Waals surface area (Å²) in [5.41, 5.74) is 1.14. The van der Waals surface area contributed by atoms with E-state index in [0.29, 0.717) is 5.92 Å². The van der Waals surface area contributed by atoms with Gasteiger partial charge in [-0.3, -0.25) is 5.10 Å². The second-order valence-corrected chi connectivity index (χ2v) is 6.43. The lowest BCUT2D eigenvalue weighted by Crippen LogP contribution is -1.85. The fourth-order valence-corrected chi connectivity index (χ4v) is 3.45. The van der Waals surface area contributed by atoms with Gasteiger partial charge in [0.2, 0.25) is 5.16 Å². The molecule has 0 amide bonds. The second kappa shape index (κ2) is 5.40. The highest BCUT2D eigenvalue weighted by atomic mass is 32.2. The highest BCUT2D eigenvalue weighted by Gasteiger charge is 2.27. The zero-order valence-electron chi connectivity index (χ0n) is 10.3. The molecule has 1 aliphatic carbocycles. The lowest BCUT2D eigenvalue weighted by atomic mass is 10.3. The van der Waals surface area contributed by atoms with Gasteiger partial charge in [0, 0.05) is 17.1 Å². The summed E-state index contributed by atoms with van der Waals surface area (Å²) < 4.78 is 0. The lowest BCUT2D eigenvalue weighted by molar-refractivity contribution is 0.901. The Morgan fingerprint density at radius 1 is 1.44 bits per heavy atom. The first-order valence-corrected chi connectivity index (χ1v) is 8.20. The molecule has 3 rings (SSSR count). The van der Waals surface area contributed by atoms with Crippen molar-refractivity contribution in [3.05, 3.63) is 21.9 Å². The van der Waals surface area contributed by atoms with Crippen LogP contribution in [0.1, 0.15) is 48.6 Å². The minimum atomic E-state index is 0.641. The Kier molecular flexibility index (Phi) is 3.65. The van der Waals surface area contributed by atoms with Gasteiger partial charge in [0.1, 0.15) is 5.82 Å². The third kappa shape index (κ3) is 2.92. The molecule has 0 aliphatic heterocycles. The summed E-state index contributed by atoms with van der Waals surface area (Å²) in [5.74, 6) is 2.56. The lowest BCUT2D eigenvalue weighted by Gasteiger charge is -1.92. The van der Waals surface area contributed by atoms with Crippen LogP contribution in [0.5, 0.6) is 0 Å². The Bertz CT molecular complexity index is 516. The molecule has 0 radical (unpaired) electrons. The molecule has 0 spiro atoms. The van der Waals surface area contributed by atoms with Gasteiger partial charge < -0.3 is 0 Å². The molecule has 18 heavy (non-hydrogen) atoms. The van der Waals surface area contributed by atoms with Crippen LogP contribution in [0.25, 0.3) is 0 Å². The Hall–Kier alpha value is -0.880. The molecule has 1 saturated carbocycles. The summed E-state index contributed by atoms with van der Waals surface area (Å²) >= 11 is 3.42. The molecule has 0 bridgehead atoms. The van der Waals surface area contributed by atoms with E-state index in [1.165, 1.54) is 17.8 Å². The monoisotopic (exact) mass is 280 g/mol. The third-order valence-corrected chi connectivity index (χ3v) is 4.70. The predicted octanol–water partition coefficient (Wildman–Crippen LogP) is 3.38. The molecule has 0 unspecified atom stereocenters. The molecule has 1 fully saturated rings. The summed E-state index contributed by atoms with van der Waals surface area (Å²) in [6.45, 7) is 2.18. The van der Waals surface area contributed by atoms with Crippen LogP contribution in [-0.2, 0) is 12.2 Å². The van der Waals surface area contributed by atoms with Gasteiger partial charge in [0.25, 0.3) is 0 Å². The fourth-order valence-electron chi connectivity index (χ4n) is 1.74. The third-order valence-electron chi connectivity index (χ3n) is 2.86. The Morgan fingerprint density at radius 2 is 2.33 bits per heavy atom. The summed E-state index contributed by atoms with van der Waals surface area (Å²) in [5, 5.41) is 11.5. The van der Waals surface area contributed by atoms with Crippen molar-refractivity contribution < 1.29 is 0 Å². The number of nitrogens with zero attached hydrogens (tertiary/aromatic N) is 3. The molecule has 4 nitrogen and oxygen atoms in total. The number of thiazole rings is 1. The first-order valence-electron chi connectivity index (χ1n) is 6.33. The van der Waals surface area contributed by atoms with Gasteiger partial charge in [-0.1, -0.05) is 18.7 Å². The molecule has 2 heterocycles. The highest BCUT2D eigenvalue weighted by Crippen LogP contribution is 2.38. The van der Waals surface area contributed by atoms with E-state index in [-0.39, 0.29) is 0 Å². The zero-order chi connectivity index (χ0) is 12.4. The first-order chi connectivity index (χ1) is 8.85. The summed E-state index contributed by atoms with van der Waals surface area (Å²) in [6, 6.07) is 0. The average Bonchev–Trinajstić information content (AvgIpc) is 2.95. The SMILES string of the molecule is CCCc1nc(CSc2n[nH]c(C3CC3)n2)cs1. The van der Waals surface area contributed by atoms with Gasteiger partial charge in [0.15, 0.2) is 0 Å². The number of aryl methyl sites for hydroxylation is 1. The van der Waals surface area contributed by atoms with Gasteiger partial charge in [-0.2, -0.15) is 0 Å². The minimum absolute atomic E-state index is 0.641. The zero-order valence-corrected chi connectivity index (χ0v) is 12.0. The van der Waals surface area contributed by atoms with E-state index in [1.54, 1.807) is 23.1 Å². The maximum absolute atomic E-state index is 4.60. The topological polar surface area (TPSA) is 54.5 Å². The molecule has 0 atom stereocenters. The number of hydrogen-bond donors (Lipinski definition) is 1. The normalized spacial score (nSPS) is 15.2. The molecular weight excluding hydrogens is 264 g/mol. The van der Waals surface area contributed by atoms with E-state index < -0.39 is 0 Å². The molecule has 1 aliphatic rings. The Morgan fingerprint density at radius 3 is 3.11 bits per heavy atom. The molecule has 1 N–H and O–H groups in total. The van der Waals surface area contributed by atoms with E-state index in [2.05, 4.69) is 32.5 Å². The van der Waals surface area contributed by atoms with Gasteiger partial charge in [0.05, 0.1) is 10.7 Å². The van der Waals surface area contributed by atoms with Gasteiger partial charge in [-0.15, -0.1) is 16.4 Å². The maximum Gasteiger partial charge on any atom is 0.208 e. The van der Waals surface area contributed by atoms with Crippen LogP contribution in [0.2, 0.25) is 0 Å². The summed E-state index contributed by atoms with van der Waals surface area (Å²) in [6.07, 6.45) is 4.76. The molecule has 6 heteroatoms. The van der Waals surface area contributed by atoms with Crippen LogP contribution < -0.4 is 0 Å². The van der Waals surface area contributed by atoms with E-state index in [1.807, 2.05) is 0 Å². The highest BCUT2D eigenvalue weighted by molar-refractivity contribution is 7.98. The standard InChI is InChI=1S/C12H16N4S2/c1-2-3-10-13-9(6-17-10)7-18-12-14-11(15-16-12)8-4-5-8/h6,8H,2-5,7H2,1H3,(H,14,15,16). The molecule has 0 aromatic carbocycles. The van der Waals surface area contributed by atoms with Crippen molar-refractivity contribution in [1.82, 2.24) is 20.2 Å². The molecule has 2 aromatic rings. The number of H-pyrrole nitrogens is 1. The van der Waals surface area contributed by atoms with Crippen molar-refractivity contribution in [3.8, 4) is 0 Å². The number of aromatic nitrogens is 4. The van der Waals surface area contributed by atoms with Crippen molar-refractivity contribution in [2.24, 2.45) is 0 Å². The predicted molar refractivity (Wildman–Crippen MR) is 74.0 cm³/mol. The van der Waals surface area contributed by atoms with E-state index in [0.717, 1.165) is 35.3 Å². The molecular formula is C12H16N4S2. The van der Waals surface area contributed by atoms with Crippen molar-refractivity contribution in [2.45, 2.75) is 49.4 Å². The minimum Gasteiger partial charge on any atom is -0.262 e. The van der Waals surface area contributed by atoms with Crippen LogP contribution in [0.4, 0.5) is 0 Å². The van der Waals surface area contributed by atoms with Gasteiger partial charge in [-0.25, -0.2) is 9.97 Å². The molecule has 2 aromatic heterocycles. The molecule has 0 saturated heterocycles. The maximum atomic E-state index is 4.60. The number of thioether (sulfide) groups is 1. The van der Waals surface area contributed by atoms with E-state index >= 15 is 0 Å². The fraction of sp³-hybridized carbons (Fsp3) is 0.583. The average molecular weight is 280 g/mol. The second-order valence-electron chi connectivity index (χ2n) is 4.55. The van der Waals surface area contributed by atoms with Gasteiger partial charge >= 0.3 is 0 Å². The smallest absolute Gasteiger partial charge is 0.208 e. The van der Waals surface area contributed by atoms with Crippen LogP contribution in [0.15, 0.2) is 10.5 Å². The summed E-state index contributed by atoms with van der Waals surface area (Å²) in [4.78, 5) is 9.10. The van der Waals surface area contributed by atoms with Crippen molar-refractivity contribution in [1.29, 1.82) is 0 Å².